The average Bonchev–Trinajstić information content (AvgIpc) is 2.99. The maximum atomic E-state index is 13.3. The lowest BCUT2D eigenvalue weighted by Gasteiger charge is -2.08. The Bertz CT molecular complexity index is 724. The molecule has 5 heteroatoms. The van der Waals surface area contributed by atoms with Crippen LogP contribution in [-0.4, -0.2) is 4.98 Å². The van der Waals surface area contributed by atoms with Crippen LogP contribution in [0.15, 0.2) is 54.0 Å². The fourth-order valence-corrected chi connectivity index (χ4v) is 2.93. The molecule has 2 nitrogen and oxygen atoms in total. The first-order valence-electron chi connectivity index (χ1n) is 6.39. The van der Waals surface area contributed by atoms with Gasteiger partial charge < -0.3 is 5.32 Å². The van der Waals surface area contributed by atoms with Crippen molar-refractivity contribution in [3.05, 3.63) is 70.4 Å². The Balaban J connectivity index is 1.75. The number of aromatic nitrogens is 1. The van der Waals surface area contributed by atoms with Crippen LogP contribution >= 0.6 is 22.9 Å². The molecule has 106 valence electrons. The smallest absolute Gasteiger partial charge is 0.125 e. The average molecular weight is 319 g/mol. The summed E-state index contributed by atoms with van der Waals surface area (Å²) in [6.45, 7) is 0.513. The van der Waals surface area contributed by atoms with Crippen LogP contribution in [-0.2, 0) is 6.54 Å². The molecule has 1 heterocycles. The molecule has 0 saturated carbocycles. The number of thiazole rings is 1. The quantitative estimate of drug-likeness (QED) is 0.714. The van der Waals surface area contributed by atoms with E-state index < -0.39 is 0 Å². The van der Waals surface area contributed by atoms with Crippen LogP contribution in [0.25, 0.3) is 10.6 Å². The Morgan fingerprint density at radius 2 is 2.10 bits per heavy atom. The number of hydrogen-bond acceptors (Lipinski definition) is 3. The number of benzene rings is 2. The summed E-state index contributed by atoms with van der Waals surface area (Å²) in [4.78, 5) is 4.29. The molecule has 0 aliphatic heterocycles. The minimum absolute atomic E-state index is 0.323. The Morgan fingerprint density at radius 3 is 2.86 bits per heavy atom. The van der Waals surface area contributed by atoms with E-state index in [2.05, 4.69) is 10.3 Å². The van der Waals surface area contributed by atoms with Crippen molar-refractivity contribution < 1.29 is 4.39 Å². The van der Waals surface area contributed by atoms with Crippen LogP contribution in [0, 0.1) is 5.82 Å². The van der Waals surface area contributed by atoms with E-state index in [1.807, 2.05) is 29.6 Å². The summed E-state index contributed by atoms with van der Waals surface area (Å²) >= 11 is 7.45. The highest BCUT2D eigenvalue weighted by Gasteiger charge is 2.03. The highest BCUT2D eigenvalue weighted by Crippen LogP contribution is 2.24. The van der Waals surface area contributed by atoms with Gasteiger partial charge in [-0.3, -0.25) is 0 Å². The van der Waals surface area contributed by atoms with Gasteiger partial charge in [-0.15, -0.1) is 11.3 Å². The van der Waals surface area contributed by atoms with Crippen molar-refractivity contribution in [3.63, 3.8) is 0 Å². The number of nitrogens with zero attached hydrogens (tertiary/aromatic N) is 1. The van der Waals surface area contributed by atoms with Gasteiger partial charge in [0.15, 0.2) is 0 Å². The third-order valence-corrected chi connectivity index (χ3v) is 4.00. The second kappa shape index (κ2) is 6.24. The molecule has 0 aliphatic carbocycles. The lowest BCUT2D eigenvalue weighted by atomic mass is 10.2. The lowest BCUT2D eigenvalue weighted by molar-refractivity contribution is 0.626. The van der Waals surface area contributed by atoms with E-state index in [1.54, 1.807) is 23.6 Å². The van der Waals surface area contributed by atoms with Crippen LogP contribution < -0.4 is 5.32 Å². The summed E-state index contributed by atoms with van der Waals surface area (Å²) in [5.74, 6) is -0.323. The van der Waals surface area contributed by atoms with E-state index in [1.165, 1.54) is 12.1 Å². The molecule has 0 amide bonds. The Labute approximate surface area is 131 Å². The van der Waals surface area contributed by atoms with Gasteiger partial charge in [-0.05, 0) is 35.9 Å². The summed E-state index contributed by atoms with van der Waals surface area (Å²) in [7, 11) is 0. The van der Waals surface area contributed by atoms with Gasteiger partial charge in [0, 0.05) is 34.4 Å². The third kappa shape index (κ3) is 3.60. The zero-order valence-electron chi connectivity index (χ0n) is 11.0. The van der Waals surface area contributed by atoms with Crippen molar-refractivity contribution in [1.29, 1.82) is 0 Å². The molecule has 2 aromatic carbocycles. The van der Waals surface area contributed by atoms with Gasteiger partial charge in [0.2, 0.25) is 0 Å². The largest absolute Gasteiger partial charge is 0.381 e. The first-order valence-corrected chi connectivity index (χ1v) is 7.65. The number of rotatable bonds is 4. The Hall–Kier alpha value is -1.91. The molecule has 0 saturated heterocycles. The predicted octanol–water partition coefficient (Wildman–Crippen LogP) is 5.21. The van der Waals surface area contributed by atoms with Crippen LogP contribution in [0.1, 0.15) is 5.56 Å². The first-order chi connectivity index (χ1) is 10.2. The molecule has 3 rings (SSSR count). The van der Waals surface area contributed by atoms with Gasteiger partial charge in [0.05, 0.1) is 0 Å². The van der Waals surface area contributed by atoms with Gasteiger partial charge in [0.1, 0.15) is 10.8 Å². The van der Waals surface area contributed by atoms with Crippen molar-refractivity contribution in [3.8, 4) is 10.6 Å². The van der Waals surface area contributed by atoms with Gasteiger partial charge in [-0.25, -0.2) is 9.37 Å². The van der Waals surface area contributed by atoms with Crippen molar-refractivity contribution in [1.82, 2.24) is 4.98 Å². The van der Waals surface area contributed by atoms with Crippen LogP contribution in [0.2, 0.25) is 5.02 Å². The van der Waals surface area contributed by atoms with Gasteiger partial charge in [-0.1, -0.05) is 23.7 Å². The molecular weight excluding hydrogens is 307 g/mol. The number of hydrogen-bond donors (Lipinski definition) is 1. The highest BCUT2D eigenvalue weighted by molar-refractivity contribution is 7.13. The molecule has 0 fully saturated rings. The minimum Gasteiger partial charge on any atom is -0.381 e. The van der Waals surface area contributed by atoms with Crippen LogP contribution in [0.5, 0.6) is 0 Å². The molecule has 0 bridgehead atoms. The van der Waals surface area contributed by atoms with Crippen molar-refractivity contribution in [2.75, 3.05) is 5.32 Å². The van der Waals surface area contributed by atoms with Crippen LogP contribution in [0.4, 0.5) is 10.1 Å². The van der Waals surface area contributed by atoms with Gasteiger partial charge >= 0.3 is 0 Å². The molecule has 0 aliphatic rings. The molecule has 1 aromatic heterocycles. The summed E-state index contributed by atoms with van der Waals surface area (Å²) in [6, 6.07) is 12.5. The molecule has 3 aromatic rings. The van der Waals surface area contributed by atoms with E-state index in [4.69, 9.17) is 11.6 Å². The van der Waals surface area contributed by atoms with Gasteiger partial charge in [-0.2, -0.15) is 0 Å². The second-order valence-electron chi connectivity index (χ2n) is 4.55. The standard InChI is InChI=1S/C16H12ClFN2S/c17-13-6-11(7-14(18)9-13)10-20-15-3-1-2-12(8-15)16-19-4-5-21-16/h1-9,20H,10H2. The summed E-state index contributed by atoms with van der Waals surface area (Å²) in [5.41, 5.74) is 2.83. The van der Waals surface area contributed by atoms with Gasteiger partial charge in [0.25, 0.3) is 0 Å². The van der Waals surface area contributed by atoms with Crippen molar-refractivity contribution in [2.45, 2.75) is 6.54 Å². The van der Waals surface area contributed by atoms with E-state index >= 15 is 0 Å². The normalized spacial score (nSPS) is 10.6. The number of anilines is 1. The fraction of sp³-hybridized carbons (Fsp3) is 0.0625. The maximum absolute atomic E-state index is 13.3. The fourth-order valence-electron chi connectivity index (χ4n) is 2.05. The molecule has 21 heavy (non-hydrogen) atoms. The van der Waals surface area contributed by atoms with E-state index in [9.17, 15) is 4.39 Å². The van der Waals surface area contributed by atoms with Crippen molar-refractivity contribution in [2.24, 2.45) is 0 Å². The monoisotopic (exact) mass is 318 g/mol. The van der Waals surface area contributed by atoms with Crippen LogP contribution in [0.3, 0.4) is 0 Å². The summed E-state index contributed by atoms with van der Waals surface area (Å²) < 4.78 is 13.3. The molecule has 0 spiro atoms. The molecule has 0 radical (unpaired) electrons. The number of halogens is 2. The molecule has 0 atom stereocenters. The van der Waals surface area contributed by atoms with E-state index in [0.29, 0.717) is 11.6 Å². The zero-order chi connectivity index (χ0) is 14.7. The Kier molecular flexibility index (Phi) is 4.18. The third-order valence-electron chi connectivity index (χ3n) is 2.96. The molecule has 0 unspecified atom stereocenters. The first kappa shape index (κ1) is 14.0. The Morgan fingerprint density at radius 1 is 1.19 bits per heavy atom. The van der Waals surface area contributed by atoms with E-state index in [0.717, 1.165) is 21.8 Å². The zero-order valence-corrected chi connectivity index (χ0v) is 12.6. The topological polar surface area (TPSA) is 24.9 Å². The highest BCUT2D eigenvalue weighted by atomic mass is 35.5. The second-order valence-corrected chi connectivity index (χ2v) is 5.88. The van der Waals surface area contributed by atoms with Crippen molar-refractivity contribution >= 4 is 28.6 Å². The molecular formula is C16H12ClFN2S. The minimum atomic E-state index is -0.323. The lowest BCUT2D eigenvalue weighted by Crippen LogP contribution is -2.00. The number of nitrogens with one attached hydrogen (secondary N) is 1. The molecule has 1 N–H and O–H groups in total. The van der Waals surface area contributed by atoms with E-state index in [-0.39, 0.29) is 5.82 Å². The maximum Gasteiger partial charge on any atom is 0.125 e. The predicted molar refractivity (Wildman–Crippen MR) is 86.3 cm³/mol. The summed E-state index contributed by atoms with van der Waals surface area (Å²) in [6.07, 6.45) is 1.79. The summed E-state index contributed by atoms with van der Waals surface area (Å²) in [5, 5.41) is 6.60. The SMILES string of the molecule is Fc1cc(Cl)cc(CNc2cccc(-c3nccs3)c2)c1.